The SMILES string of the molecule is CCCC(=NC)NN=C(C)CC. The van der Waals surface area contributed by atoms with Gasteiger partial charge in [-0.05, 0) is 19.8 Å². The average molecular weight is 169 g/mol. The lowest BCUT2D eigenvalue weighted by Gasteiger charge is -2.03. The smallest absolute Gasteiger partial charge is 0.116 e. The first kappa shape index (κ1) is 11.1. The minimum Gasteiger partial charge on any atom is -0.274 e. The molecule has 0 rings (SSSR count). The number of nitrogens with one attached hydrogen (secondary N) is 1. The van der Waals surface area contributed by atoms with Crippen LogP contribution in [-0.4, -0.2) is 18.6 Å². The molecule has 0 spiro atoms. The zero-order valence-electron chi connectivity index (χ0n) is 8.52. The van der Waals surface area contributed by atoms with E-state index < -0.39 is 0 Å². The fraction of sp³-hybridized carbons (Fsp3) is 0.778. The highest BCUT2D eigenvalue weighted by molar-refractivity contribution is 5.86. The van der Waals surface area contributed by atoms with Crippen LogP contribution in [0.1, 0.15) is 40.0 Å². The molecule has 3 heteroatoms. The molecule has 0 aromatic heterocycles. The van der Waals surface area contributed by atoms with Gasteiger partial charge in [0.05, 0.1) is 0 Å². The third-order valence-corrected chi connectivity index (χ3v) is 1.64. The maximum atomic E-state index is 4.17. The van der Waals surface area contributed by atoms with Gasteiger partial charge in [-0.1, -0.05) is 13.8 Å². The topological polar surface area (TPSA) is 36.8 Å². The van der Waals surface area contributed by atoms with E-state index in [9.17, 15) is 0 Å². The van der Waals surface area contributed by atoms with Gasteiger partial charge in [0, 0.05) is 19.2 Å². The largest absolute Gasteiger partial charge is 0.274 e. The van der Waals surface area contributed by atoms with E-state index in [4.69, 9.17) is 0 Å². The molecule has 0 saturated heterocycles. The van der Waals surface area contributed by atoms with Crippen molar-refractivity contribution in [3.05, 3.63) is 0 Å². The first-order valence-electron chi connectivity index (χ1n) is 4.49. The monoisotopic (exact) mass is 169 g/mol. The molecule has 70 valence electrons. The van der Waals surface area contributed by atoms with Crippen LogP contribution in [0.25, 0.3) is 0 Å². The summed E-state index contributed by atoms with van der Waals surface area (Å²) in [5.41, 5.74) is 4.06. The molecule has 0 saturated carbocycles. The molecule has 0 aliphatic rings. The lowest BCUT2D eigenvalue weighted by atomic mass is 10.3. The van der Waals surface area contributed by atoms with Crippen LogP contribution >= 0.6 is 0 Å². The van der Waals surface area contributed by atoms with E-state index in [0.29, 0.717) is 0 Å². The van der Waals surface area contributed by atoms with Crippen LogP contribution in [0.2, 0.25) is 0 Å². The molecule has 0 aliphatic carbocycles. The zero-order valence-corrected chi connectivity index (χ0v) is 8.52. The Kier molecular flexibility index (Phi) is 6.34. The summed E-state index contributed by atoms with van der Waals surface area (Å²) in [6.07, 6.45) is 3.05. The van der Waals surface area contributed by atoms with Crippen LogP contribution in [0.3, 0.4) is 0 Å². The summed E-state index contributed by atoms with van der Waals surface area (Å²) in [5.74, 6) is 0.963. The van der Waals surface area contributed by atoms with Crippen molar-refractivity contribution in [3.63, 3.8) is 0 Å². The quantitative estimate of drug-likeness (QED) is 0.391. The minimum atomic E-state index is 0.963. The Labute approximate surface area is 75.0 Å². The van der Waals surface area contributed by atoms with Gasteiger partial charge in [0.2, 0.25) is 0 Å². The normalized spacial score (nSPS) is 13.3. The molecule has 0 heterocycles. The van der Waals surface area contributed by atoms with Gasteiger partial charge in [-0.3, -0.25) is 10.4 Å². The molecule has 0 aromatic rings. The number of rotatable bonds is 4. The molecule has 0 aromatic carbocycles. The van der Waals surface area contributed by atoms with Crippen molar-refractivity contribution in [2.75, 3.05) is 7.05 Å². The summed E-state index contributed by atoms with van der Waals surface area (Å²) < 4.78 is 0. The van der Waals surface area contributed by atoms with Gasteiger partial charge in [-0.2, -0.15) is 5.10 Å². The zero-order chi connectivity index (χ0) is 9.40. The van der Waals surface area contributed by atoms with Crippen molar-refractivity contribution in [2.45, 2.75) is 40.0 Å². The molecule has 0 unspecified atom stereocenters. The molecule has 0 bridgehead atoms. The van der Waals surface area contributed by atoms with Gasteiger partial charge in [0.15, 0.2) is 0 Å². The average Bonchev–Trinajstić information content (AvgIpc) is 2.11. The Balaban J connectivity index is 3.88. The Morgan fingerprint density at radius 3 is 2.42 bits per heavy atom. The number of hydrazone groups is 1. The van der Waals surface area contributed by atoms with Crippen molar-refractivity contribution < 1.29 is 0 Å². The number of amidine groups is 1. The second-order valence-electron chi connectivity index (χ2n) is 2.73. The van der Waals surface area contributed by atoms with E-state index in [1.54, 1.807) is 7.05 Å². The minimum absolute atomic E-state index is 0.963. The number of hydrogen-bond donors (Lipinski definition) is 1. The van der Waals surface area contributed by atoms with Gasteiger partial charge in [-0.15, -0.1) is 0 Å². The molecule has 0 radical (unpaired) electrons. The Hall–Kier alpha value is -0.860. The molecule has 12 heavy (non-hydrogen) atoms. The highest BCUT2D eigenvalue weighted by Gasteiger charge is 1.93. The van der Waals surface area contributed by atoms with E-state index in [1.807, 2.05) is 6.92 Å². The number of hydrogen-bond acceptors (Lipinski definition) is 2. The van der Waals surface area contributed by atoms with Crippen LogP contribution in [-0.2, 0) is 0 Å². The maximum absolute atomic E-state index is 4.17. The van der Waals surface area contributed by atoms with E-state index in [2.05, 4.69) is 29.4 Å². The van der Waals surface area contributed by atoms with Crippen LogP contribution < -0.4 is 5.43 Å². The Bertz CT molecular complexity index is 171. The fourth-order valence-electron chi connectivity index (χ4n) is 0.694. The molecular formula is C9H19N3. The molecular weight excluding hydrogens is 150 g/mol. The summed E-state index contributed by atoms with van der Waals surface area (Å²) in [5, 5.41) is 4.17. The summed E-state index contributed by atoms with van der Waals surface area (Å²) in [6.45, 7) is 6.22. The third-order valence-electron chi connectivity index (χ3n) is 1.64. The lowest BCUT2D eigenvalue weighted by Crippen LogP contribution is -2.18. The van der Waals surface area contributed by atoms with Gasteiger partial charge in [0.1, 0.15) is 5.84 Å². The lowest BCUT2D eigenvalue weighted by molar-refractivity contribution is 0.898. The standard InChI is InChI=1S/C9H19N3/c1-5-7-9(10-4)12-11-8(3)6-2/h5-7H2,1-4H3,(H,10,12). The van der Waals surface area contributed by atoms with Crippen molar-refractivity contribution in [2.24, 2.45) is 10.1 Å². The maximum Gasteiger partial charge on any atom is 0.116 e. The predicted octanol–water partition coefficient (Wildman–Crippen LogP) is 2.19. The van der Waals surface area contributed by atoms with Crippen molar-refractivity contribution in [3.8, 4) is 0 Å². The molecule has 0 aliphatic heterocycles. The third kappa shape index (κ3) is 4.88. The van der Waals surface area contributed by atoms with Gasteiger partial charge >= 0.3 is 0 Å². The summed E-state index contributed by atoms with van der Waals surface area (Å²) in [7, 11) is 1.79. The van der Waals surface area contributed by atoms with E-state index in [-0.39, 0.29) is 0 Å². The predicted molar refractivity (Wildman–Crippen MR) is 54.8 cm³/mol. The van der Waals surface area contributed by atoms with Crippen LogP contribution in [0.4, 0.5) is 0 Å². The van der Waals surface area contributed by atoms with Crippen molar-refractivity contribution in [1.29, 1.82) is 0 Å². The first-order chi connectivity index (χ1) is 5.74. The second kappa shape index (κ2) is 6.83. The Morgan fingerprint density at radius 2 is 2.00 bits per heavy atom. The van der Waals surface area contributed by atoms with Gasteiger partial charge in [0.25, 0.3) is 0 Å². The summed E-state index contributed by atoms with van der Waals surface area (Å²) in [4.78, 5) is 4.08. The van der Waals surface area contributed by atoms with E-state index in [0.717, 1.165) is 30.8 Å². The highest BCUT2D eigenvalue weighted by Crippen LogP contribution is 1.89. The molecule has 1 N–H and O–H groups in total. The number of nitrogens with zero attached hydrogens (tertiary/aromatic N) is 2. The second-order valence-corrected chi connectivity index (χ2v) is 2.73. The first-order valence-corrected chi connectivity index (χ1v) is 4.49. The van der Waals surface area contributed by atoms with Gasteiger partial charge < -0.3 is 0 Å². The van der Waals surface area contributed by atoms with Crippen molar-refractivity contribution >= 4 is 11.5 Å². The molecule has 0 amide bonds. The van der Waals surface area contributed by atoms with Crippen molar-refractivity contribution in [1.82, 2.24) is 5.43 Å². The Morgan fingerprint density at radius 1 is 1.33 bits per heavy atom. The van der Waals surface area contributed by atoms with Gasteiger partial charge in [-0.25, -0.2) is 0 Å². The fourth-order valence-corrected chi connectivity index (χ4v) is 0.694. The number of aliphatic imine (C=N–C) groups is 1. The van der Waals surface area contributed by atoms with Crippen LogP contribution in [0, 0.1) is 0 Å². The van der Waals surface area contributed by atoms with Crippen LogP contribution in [0.15, 0.2) is 10.1 Å². The van der Waals surface area contributed by atoms with Crippen LogP contribution in [0.5, 0.6) is 0 Å². The molecule has 3 nitrogen and oxygen atoms in total. The summed E-state index contributed by atoms with van der Waals surface area (Å²) >= 11 is 0. The summed E-state index contributed by atoms with van der Waals surface area (Å²) in [6, 6.07) is 0. The highest BCUT2D eigenvalue weighted by atomic mass is 15.3. The van der Waals surface area contributed by atoms with E-state index in [1.165, 1.54) is 0 Å². The molecule has 0 fully saturated rings. The molecule has 0 atom stereocenters. The van der Waals surface area contributed by atoms with E-state index >= 15 is 0 Å².